The molecule has 13 heteroatoms. The molecule has 2 aromatic heterocycles. The summed E-state index contributed by atoms with van der Waals surface area (Å²) in [5.74, 6) is 0.236. The third-order valence-electron chi connectivity index (χ3n) is 7.82. The normalized spacial score (nSPS) is 27.1. The molecule has 0 bridgehead atoms. The van der Waals surface area contributed by atoms with E-state index in [9.17, 15) is 27.1 Å². The summed E-state index contributed by atoms with van der Waals surface area (Å²) >= 11 is 0. The molecule has 3 aliphatic rings. The van der Waals surface area contributed by atoms with Crippen LogP contribution in [0.2, 0.25) is 0 Å². The van der Waals surface area contributed by atoms with E-state index in [0.29, 0.717) is 63.7 Å². The van der Waals surface area contributed by atoms with E-state index in [0.717, 1.165) is 6.07 Å². The Kier molecular flexibility index (Phi) is 6.54. The van der Waals surface area contributed by atoms with Gasteiger partial charge in [0.05, 0.1) is 17.2 Å². The van der Waals surface area contributed by atoms with Crippen LogP contribution in [0.15, 0.2) is 17.1 Å². The summed E-state index contributed by atoms with van der Waals surface area (Å²) in [7, 11) is -1.42. The van der Waals surface area contributed by atoms with Crippen LogP contribution < -0.4 is 10.9 Å². The van der Waals surface area contributed by atoms with E-state index < -0.39 is 39.2 Å². The molecule has 198 valence electrons. The molecule has 0 unspecified atom stereocenters. The highest BCUT2D eigenvalue weighted by molar-refractivity contribution is 7.89. The zero-order valence-electron chi connectivity index (χ0n) is 20.4. The average Bonchev–Trinajstić information content (AvgIpc) is 3.15. The summed E-state index contributed by atoms with van der Waals surface area (Å²) in [5, 5.41) is 14.0. The van der Waals surface area contributed by atoms with Gasteiger partial charge in [0.25, 0.3) is 12.0 Å². The average molecular weight is 527 g/mol. The van der Waals surface area contributed by atoms with Crippen molar-refractivity contribution in [3.05, 3.63) is 28.2 Å². The van der Waals surface area contributed by atoms with Gasteiger partial charge in [0.15, 0.2) is 0 Å². The highest BCUT2D eigenvalue weighted by Crippen LogP contribution is 2.40. The van der Waals surface area contributed by atoms with Crippen LogP contribution in [0.25, 0.3) is 11.0 Å². The summed E-state index contributed by atoms with van der Waals surface area (Å²) in [6, 6.07) is 0.369. The Hall–Kier alpha value is -2.22. The van der Waals surface area contributed by atoms with Crippen molar-refractivity contribution in [2.45, 2.75) is 68.4 Å². The minimum absolute atomic E-state index is 0.0759. The first-order valence-corrected chi connectivity index (χ1v) is 13.8. The van der Waals surface area contributed by atoms with Crippen LogP contribution in [0, 0.1) is 0 Å². The van der Waals surface area contributed by atoms with E-state index in [1.807, 2.05) is 11.9 Å². The van der Waals surface area contributed by atoms with E-state index in [4.69, 9.17) is 0 Å². The van der Waals surface area contributed by atoms with E-state index in [2.05, 4.69) is 15.3 Å². The van der Waals surface area contributed by atoms with Crippen LogP contribution in [-0.4, -0.2) is 87.4 Å². The third kappa shape index (κ3) is 4.50. The fourth-order valence-electron chi connectivity index (χ4n) is 5.67. The molecule has 2 saturated heterocycles. The molecule has 0 amide bonds. The molecule has 2 atom stereocenters. The van der Waals surface area contributed by atoms with Crippen molar-refractivity contribution >= 4 is 27.0 Å². The minimum Gasteiger partial charge on any atom is -0.388 e. The monoisotopic (exact) mass is 526 g/mol. The first-order valence-electron chi connectivity index (χ1n) is 12.3. The number of halogens is 2. The smallest absolute Gasteiger partial charge is 0.269 e. The van der Waals surface area contributed by atoms with Gasteiger partial charge in [-0.05, 0) is 52.1 Å². The Balaban J connectivity index is 1.38. The van der Waals surface area contributed by atoms with Crippen LogP contribution in [0.3, 0.4) is 0 Å². The van der Waals surface area contributed by atoms with Crippen LogP contribution in [-0.2, 0) is 10.0 Å². The Morgan fingerprint density at radius 3 is 2.50 bits per heavy atom. The largest absolute Gasteiger partial charge is 0.388 e. The number of fused-ring (bicyclic) bond motifs is 1. The fourth-order valence-corrected chi connectivity index (χ4v) is 7.70. The summed E-state index contributed by atoms with van der Waals surface area (Å²) in [6.45, 7) is 3.49. The lowest BCUT2D eigenvalue weighted by molar-refractivity contribution is 0.0261. The molecule has 2 N–H and O–H groups in total. The number of nitrogens with zero attached hydrogens (tertiary/aromatic N) is 5. The lowest BCUT2D eigenvalue weighted by atomic mass is 9.99. The van der Waals surface area contributed by atoms with E-state index in [1.54, 1.807) is 11.2 Å². The molecule has 0 spiro atoms. The molecule has 0 aromatic carbocycles. The van der Waals surface area contributed by atoms with Gasteiger partial charge in [-0.15, -0.1) is 0 Å². The molecule has 36 heavy (non-hydrogen) atoms. The summed E-state index contributed by atoms with van der Waals surface area (Å²) in [6.07, 6.45) is 1.18. The number of aliphatic hydroxyl groups is 1. The molecule has 2 aliphatic heterocycles. The molecule has 5 rings (SSSR count). The number of hydrogen-bond donors (Lipinski definition) is 2. The molecular weight excluding hydrogens is 494 g/mol. The highest BCUT2D eigenvalue weighted by atomic mass is 32.2. The van der Waals surface area contributed by atoms with Crippen LogP contribution >= 0.6 is 0 Å². The zero-order chi connectivity index (χ0) is 25.8. The zero-order valence-corrected chi connectivity index (χ0v) is 21.2. The van der Waals surface area contributed by atoms with Gasteiger partial charge in [0.2, 0.25) is 16.0 Å². The Labute approximate surface area is 208 Å². The van der Waals surface area contributed by atoms with E-state index >= 15 is 0 Å². The van der Waals surface area contributed by atoms with Crippen molar-refractivity contribution in [2.75, 3.05) is 38.5 Å². The summed E-state index contributed by atoms with van der Waals surface area (Å²) in [5.41, 5.74) is -2.51. The lowest BCUT2D eigenvalue weighted by Crippen LogP contribution is -2.58. The van der Waals surface area contributed by atoms with Gasteiger partial charge in [-0.1, -0.05) is 0 Å². The summed E-state index contributed by atoms with van der Waals surface area (Å²) < 4.78 is 55.6. The first-order chi connectivity index (χ1) is 17.0. The van der Waals surface area contributed by atoms with Gasteiger partial charge in [0, 0.05) is 43.8 Å². The highest BCUT2D eigenvalue weighted by Gasteiger charge is 2.41. The predicted octanol–water partition coefficient (Wildman–Crippen LogP) is 1.73. The minimum atomic E-state index is -3.32. The Morgan fingerprint density at radius 2 is 1.92 bits per heavy atom. The number of alkyl halides is 2. The lowest BCUT2D eigenvalue weighted by Gasteiger charge is -2.40. The van der Waals surface area contributed by atoms with Gasteiger partial charge in [-0.25, -0.2) is 26.5 Å². The number of anilines is 1. The third-order valence-corrected chi connectivity index (χ3v) is 10.1. The Bertz CT molecular complexity index is 1300. The molecule has 4 heterocycles. The number of hydrogen-bond acceptors (Lipinski definition) is 8. The molecule has 3 fully saturated rings. The topological polar surface area (TPSA) is 121 Å². The van der Waals surface area contributed by atoms with E-state index in [-0.39, 0.29) is 22.9 Å². The second-order valence-electron chi connectivity index (χ2n) is 10.5. The number of nitrogens with one attached hydrogen (secondary N) is 1. The molecule has 1 saturated carbocycles. The maximum absolute atomic E-state index is 13.6. The van der Waals surface area contributed by atoms with Gasteiger partial charge >= 0.3 is 0 Å². The van der Waals surface area contributed by atoms with Crippen LogP contribution in [0.1, 0.15) is 57.1 Å². The number of sulfonamides is 1. The van der Waals surface area contributed by atoms with Crippen molar-refractivity contribution in [1.82, 2.24) is 23.7 Å². The molecule has 0 radical (unpaired) electrons. The van der Waals surface area contributed by atoms with E-state index in [1.165, 1.54) is 10.8 Å². The number of likely N-dealkylation sites (tertiary alicyclic amines) is 1. The quantitative estimate of drug-likeness (QED) is 0.584. The van der Waals surface area contributed by atoms with Crippen molar-refractivity contribution in [1.29, 1.82) is 0 Å². The van der Waals surface area contributed by atoms with Crippen LogP contribution in [0.5, 0.6) is 0 Å². The molecule has 1 aliphatic carbocycles. The predicted molar refractivity (Wildman–Crippen MR) is 131 cm³/mol. The number of pyridine rings is 1. The Morgan fingerprint density at radius 1 is 1.22 bits per heavy atom. The fraction of sp³-hybridized carbons (Fsp3) is 0.696. The number of piperidine rings is 1. The maximum Gasteiger partial charge on any atom is 0.269 e. The maximum atomic E-state index is 13.6. The second kappa shape index (κ2) is 9.26. The standard InChI is InChI=1S/C23H32F2N6O4S/c1-23(33)7-3-4-18(23)31-20-14(10-17(19(24)25)21(31)32)11-26-22(28-20)27-15-5-8-30(9-6-15)36(34,35)16-12-29(2)13-16/h10-11,15-16,18-19,33H,3-9,12-13H2,1-2H3,(H,26,27,28)/t18-,23-/m1/s1. The van der Waals surface area contributed by atoms with Crippen molar-refractivity contribution in [3.8, 4) is 0 Å². The second-order valence-corrected chi connectivity index (χ2v) is 12.7. The van der Waals surface area contributed by atoms with Crippen molar-refractivity contribution in [2.24, 2.45) is 0 Å². The van der Waals surface area contributed by atoms with Crippen molar-refractivity contribution < 1.29 is 22.3 Å². The van der Waals surface area contributed by atoms with Crippen LogP contribution in [0.4, 0.5) is 14.7 Å². The SMILES string of the molecule is CN1CC(S(=O)(=O)N2CCC(Nc3ncc4cc(C(F)F)c(=O)n([C@@H]5CCC[C@@]5(C)O)c4n3)CC2)C1. The number of rotatable bonds is 6. The molecular formula is C23H32F2N6O4S. The molecule has 10 nitrogen and oxygen atoms in total. The van der Waals surface area contributed by atoms with Gasteiger partial charge in [-0.3, -0.25) is 9.36 Å². The van der Waals surface area contributed by atoms with Crippen molar-refractivity contribution in [3.63, 3.8) is 0 Å². The van der Waals surface area contributed by atoms with Gasteiger partial charge in [0.1, 0.15) is 10.9 Å². The van der Waals surface area contributed by atoms with Gasteiger partial charge < -0.3 is 15.3 Å². The number of aromatic nitrogens is 3. The summed E-state index contributed by atoms with van der Waals surface area (Å²) in [4.78, 5) is 23.8. The molecule has 2 aromatic rings. The first kappa shape index (κ1) is 25.4. The van der Waals surface area contributed by atoms with Gasteiger partial charge in [-0.2, -0.15) is 4.98 Å².